The average Bonchev–Trinajstić information content (AvgIpc) is 3.75. The van der Waals surface area contributed by atoms with Crippen molar-refractivity contribution in [3.8, 4) is 5.75 Å². The Morgan fingerprint density at radius 3 is 2.12 bits per heavy atom. The van der Waals surface area contributed by atoms with E-state index in [1.165, 1.54) is 12.1 Å². The lowest BCUT2D eigenvalue weighted by Crippen LogP contribution is -2.61. The molecule has 3 aromatic carbocycles. The van der Waals surface area contributed by atoms with E-state index in [2.05, 4.69) is 10.0 Å². The quantitative estimate of drug-likeness (QED) is 0.211. The number of aliphatic imine (C=N–C) groups is 1. The van der Waals surface area contributed by atoms with Crippen molar-refractivity contribution in [3.63, 3.8) is 0 Å². The molecule has 16 heteroatoms. The average molecular weight is 862 g/mol. The number of amidine groups is 1. The van der Waals surface area contributed by atoms with Gasteiger partial charge in [-0.15, -0.1) is 0 Å². The van der Waals surface area contributed by atoms with E-state index in [1.807, 2.05) is 43.0 Å². The van der Waals surface area contributed by atoms with Gasteiger partial charge in [-0.1, -0.05) is 59.1 Å². The number of halogens is 3. The topological polar surface area (TPSA) is 133 Å². The third kappa shape index (κ3) is 9.10. The minimum Gasteiger partial charge on any atom is -0.493 e. The smallest absolute Gasteiger partial charge is 0.326 e. The largest absolute Gasteiger partial charge is 0.493 e. The number of amides is 3. The van der Waals surface area contributed by atoms with Crippen LogP contribution < -0.4 is 14.8 Å². The fourth-order valence-corrected chi connectivity index (χ4v) is 9.96. The van der Waals surface area contributed by atoms with Gasteiger partial charge in [0.15, 0.2) is 0 Å². The monoisotopic (exact) mass is 860 g/mol. The second-order valence-electron chi connectivity index (χ2n) is 16.0. The lowest BCUT2D eigenvalue weighted by Gasteiger charge is -2.47. The maximum Gasteiger partial charge on any atom is 0.326 e. The molecular weight excluding hydrogens is 811 g/mol. The molecular formula is C41H51Cl3N6O6S. The van der Waals surface area contributed by atoms with Crippen molar-refractivity contribution in [2.45, 2.75) is 82.0 Å². The number of sulfonamides is 1. The van der Waals surface area contributed by atoms with Crippen LogP contribution in [0.4, 0.5) is 4.79 Å². The Morgan fingerprint density at radius 1 is 0.947 bits per heavy atom. The van der Waals surface area contributed by atoms with Gasteiger partial charge in [0.05, 0.1) is 29.8 Å². The van der Waals surface area contributed by atoms with Crippen LogP contribution in [0.5, 0.6) is 5.75 Å². The van der Waals surface area contributed by atoms with Crippen LogP contribution in [0, 0.1) is 0 Å². The third-order valence-corrected chi connectivity index (χ3v) is 13.5. The van der Waals surface area contributed by atoms with Crippen LogP contribution in [0.15, 0.2) is 70.6 Å². The molecule has 0 aliphatic carbocycles. The summed E-state index contributed by atoms with van der Waals surface area (Å²) in [4.78, 5) is 38.9. The molecule has 2 saturated heterocycles. The second kappa shape index (κ2) is 17.0. The molecule has 308 valence electrons. The van der Waals surface area contributed by atoms with Crippen LogP contribution in [-0.4, -0.2) is 105 Å². The fraction of sp³-hybridized carbons (Fsp3) is 0.488. The number of urea groups is 1. The normalized spacial score (nSPS) is 23.1. The van der Waals surface area contributed by atoms with Gasteiger partial charge in [0.1, 0.15) is 27.6 Å². The summed E-state index contributed by atoms with van der Waals surface area (Å²) in [5.74, 6) is 0.357. The molecule has 3 aliphatic rings. The zero-order valence-corrected chi connectivity index (χ0v) is 36.3. The molecule has 0 spiro atoms. The predicted octanol–water partition coefficient (Wildman–Crippen LogP) is 7.05. The molecule has 0 bridgehead atoms. The standard InChI is InChI=1S/C41H51Cl3N6O6S/c1-7-55-34-24-33(44)35(57(53,54)47-39(2,3)4)23-32(34)37-46-40(5,27-10-14-29(42)15-11-27)41(6,28-12-16-30(43)17-13-28)50(37)38(52)49-20-18-48(19-21-49)26-36(51)45-25-31-9-8-22-56-31/h10-17,23-24,31,47H,7-9,18-22,25-26H2,1-6H3,(H,45,51)/t31?,40-,41+/m0/s1. The van der Waals surface area contributed by atoms with Gasteiger partial charge < -0.3 is 19.7 Å². The van der Waals surface area contributed by atoms with E-state index in [9.17, 15) is 13.2 Å². The summed E-state index contributed by atoms with van der Waals surface area (Å²) in [5, 5.41) is 3.98. The fourth-order valence-electron chi connectivity index (χ4n) is 7.75. The van der Waals surface area contributed by atoms with E-state index in [0.29, 0.717) is 42.8 Å². The SMILES string of the molecule is CCOc1cc(Cl)c(S(=O)(=O)NC(C)(C)C)cc1C1=N[C@@](C)(c2ccc(Cl)cc2)[C@@](C)(c2ccc(Cl)cc2)N1C(=O)N1CCN(CC(=O)NCC2CCCO2)CC1. The first-order valence-electron chi connectivity index (χ1n) is 19.2. The molecule has 0 aromatic heterocycles. The van der Waals surface area contributed by atoms with Crippen molar-refractivity contribution in [1.82, 2.24) is 24.7 Å². The van der Waals surface area contributed by atoms with Gasteiger partial charge >= 0.3 is 6.03 Å². The molecule has 3 atom stereocenters. The summed E-state index contributed by atoms with van der Waals surface area (Å²) in [6.07, 6.45) is 1.97. The summed E-state index contributed by atoms with van der Waals surface area (Å²) in [5.41, 5.74) is -1.48. The number of nitrogens with one attached hydrogen (secondary N) is 2. The summed E-state index contributed by atoms with van der Waals surface area (Å²) in [6, 6.07) is 17.1. The van der Waals surface area contributed by atoms with E-state index >= 15 is 4.79 Å². The van der Waals surface area contributed by atoms with Crippen LogP contribution in [-0.2, 0) is 30.6 Å². The van der Waals surface area contributed by atoms with E-state index in [-0.39, 0.29) is 58.3 Å². The highest BCUT2D eigenvalue weighted by Gasteiger charge is 2.60. The first-order chi connectivity index (χ1) is 26.9. The van der Waals surface area contributed by atoms with Crippen molar-refractivity contribution >= 4 is 62.6 Å². The number of rotatable bonds is 11. The first-order valence-corrected chi connectivity index (χ1v) is 21.8. The Bertz CT molecular complexity index is 2100. The Kier molecular flexibility index (Phi) is 12.9. The molecule has 3 heterocycles. The minimum atomic E-state index is -4.17. The van der Waals surface area contributed by atoms with Gasteiger partial charge in [-0.25, -0.2) is 17.9 Å². The minimum absolute atomic E-state index is 0.0445. The van der Waals surface area contributed by atoms with Gasteiger partial charge in [0, 0.05) is 61.0 Å². The van der Waals surface area contributed by atoms with E-state index in [4.69, 9.17) is 49.3 Å². The number of hydrogen-bond donors (Lipinski definition) is 2. The highest BCUT2D eigenvalue weighted by atomic mass is 35.5. The van der Waals surface area contributed by atoms with Gasteiger partial charge in [-0.3, -0.25) is 19.6 Å². The van der Waals surface area contributed by atoms with Gasteiger partial charge in [-0.2, -0.15) is 0 Å². The Hall–Kier alpha value is -3.43. The van der Waals surface area contributed by atoms with E-state index in [0.717, 1.165) is 30.6 Å². The zero-order chi connectivity index (χ0) is 41.3. The molecule has 3 aliphatic heterocycles. The van der Waals surface area contributed by atoms with Crippen molar-refractivity contribution in [1.29, 1.82) is 0 Å². The number of hydrogen-bond acceptors (Lipinski definition) is 8. The zero-order valence-electron chi connectivity index (χ0n) is 33.2. The predicted molar refractivity (Wildman–Crippen MR) is 224 cm³/mol. The maximum absolute atomic E-state index is 15.4. The Labute approximate surface area is 350 Å². The number of piperazine rings is 1. The van der Waals surface area contributed by atoms with Gasteiger partial charge in [0.2, 0.25) is 15.9 Å². The van der Waals surface area contributed by atoms with Crippen LogP contribution >= 0.6 is 34.8 Å². The van der Waals surface area contributed by atoms with Crippen LogP contribution in [0.3, 0.4) is 0 Å². The molecule has 57 heavy (non-hydrogen) atoms. The van der Waals surface area contributed by atoms with Crippen LogP contribution in [0.2, 0.25) is 15.1 Å². The summed E-state index contributed by atoms with van der Waals surface area (Å²) >= 11 is 19.5. The molecule has 3 aromatic rings. The number of carbonyl (C=O) groups excluding carboxylic acids is 2. The van der Waals surface area contributed by atoms with Crippen molar-refractivity contribution in [3.05, 3.63) is 92.4 Å². The summed E-state index contributed by atoms with van der Waals surface area (Å²) in [6.45, 7) is 14.1. The lowest BCUT2D eigenvalue weighted by molar-refractivity contribution is -0.123. The molecule has 0 radical (unpaired) electrons. The summed E-state index contributed by atoms with van der Waals surface area (Å²) < 4.78 is 42.3. The Morgan fingerprint density at radius 2 is 1.56 bits per heavy atom. The number of benzene rings is 3. The van der Waals surface area contributed by atoms with E-state index in [1.54, 1.807) is 61.8 Å². The van der Waals surface area contributed by atoms with Crippen molar-refractivity contribution in [2.24, 2.45) is 4.99 Å². The molecule has 1 unspecified atom stereocenters. The highest BCUT2D eigenvalue weighted by Crippen LogP contribution is 2.54. The first kappa shape index (κ1) is 43.2. The number of nitrogens with zero attached hydrogens (tertiary/aromatic N) is 4. The molecule has 6 rings (SSSR count). The number of ether oxygens (including phenoxy) is 2. The van der Waals surface area contributed by atoms with Gasteiger partial charge in [0.25, 0.3) is 0 Å². The van der Waals surface area contributed by atoms with Crippen LogP contribution in [0.25, 0.3) is 0 Å². The van der Waals surface area contributed by atoms with Crippen LogP contribution in [0.1, 0.15) is 71.1 Å². The molecule has 12 nitrogen and oxygen atoms in total. The highest BCUT2D eigenvalue weighted by molar-refractivity contribution is 7.89. The lowest BCUT2D eigenvalue weighted by atomic mass is 9.71. The second-order valence-corrected chi connectivity index (χ2v) is 18.9. The molecule has 3 amide bonds. The van der Waals surface area contributed by atoms with Crippen molar-refractivity contribution < 1.29 is 27.5 Å². The molecule has 2 N–H and O–H groups in total. The molecule has 0 saturated carbocycles. The molecule has 2 fully saturated rings. The third-order valence-electron chi connectivity index (χ3n) is 10.8. The summed E-state index contributed by atoms with van der Waals surface area (Å²) in [7, 11) is -4.17. The van der Waals surface area contributed by atoms with E-state index < -0.39 is 26.6 Å². The number of carbonyl (C=O) groups is 2. The Balaban J connectivity index is 1.46. The van der Waals surface area contributed by atoms with Gasteiger partial charge in [-0.05, 0) is 95.8 Å². The maximum atomic E-state index is 15.4. The van der Waals surface area contributed by atoms with Crippen molar-refractivity contribution in [2.75, 3.05) is 52.5 Å².